The van der Waals surface area contributed by atoms with Gasteiger partial charge in [-0.3, -0.25) is 0 Å². The molecule has 1 aromatic carbocycles. The number of hydrogen-bond acceptors (Lipinski definition) is 3. The van der Waals surface area contributed by atoms with Crippen LogP contribution in [-0.4, -0.2) is 14.2 Å². The van der Waals surface area contributed by atoms with E-state index in [4.69, 9.17) is 17.9 Å². The second-order valence-electron chi connectivity index (χ2n) is 2.57. The van der Waals surface area contributed by atoms with Gasteiger partial charge in [-0.05, 0) is 5.56 Å². The third kappa shape index (κ3) is 2.52. The van der Waals surface area contributed by atoms with E-state index in [0.717, 1.165) is 5.56 Å². The van der Waals surface area contributed by atoms with Gasteiger partial charge in [0.05, 0.1) is 0 Å². The molecule has 0 bridgehead atoms. The Morgan fingerprint density at radius 3 is 2.23 bits per heavy atom. The predicted octanol–water partition coefficient (Wildman–Crippen LogP) is 1.44. The molecule has 3 heteroatoms. The van der Waals surface area contributed by atoms with Crippen LogP contribution in [0.4, 0.5) is 0 Å². The van der Waals surface area contributed by atoms with Crippen molar-refractivity contribution in [3.05, 3.63) is 35.4 Å². The molecule has 0 aromatic heterocycles. The Kier molecular flexibility index (Phi) is 2.86. The number of rotatable bonds is 4. The van der Waals surface area contributed by atoms with Gasteiger partial charge in [0.2, 0.25) is 0 Å². The molecule has 13 heavy (non-hydrogen) atoms. The van der Waals surface area contributed by atoms with E-state index in [1.54, 1.807) is 38.5 Å². The average Bonchev–Trinajstić information content (AvgIpc) is 2.19. The molecular weight excluding hydrogens is 166 g/mol. The van der Waals surface area contributed by atoms with Crippen molar-refractivity contribution in [2.45, 2.75) is 12.8 Å². The van der Waals surface area contributed by atoms with Crippen molar-refractivity contribution in [2.24, 2.45) is 5.73 Å². The normalized spacial score (nSPS) is 14.2. The highest BCUT2D eigenvalue weighted by Crippen LogP contribution is 2.17. The van der Waals surface area contributed by atoms with Crippen LogP contribution in [-0.2, 0) is 16.0 Å². The van der Waals surface area contributed by atoms with E-state index < -0.39 is 12.8 Å². The molecule has 0 aliphatic heterocycles. The Labute approximate surface area is 81.3 Å². The Morgan fingerprint density at radius 1 is 1.31 bits per heavy atom. The largest absolute Gasteiger partial charge is 0.352 e. The molecular formula is C10H15NO2. The summed E-state index contributed by atoms with van der Waals surface area (Å²) in [6, 6.07) is 6.72. The van der Waals surface area contributed by atoms with Crippen LogP contribution in [0.3, 0.4) is 0 Å². The van der Waals surface area contributed by atoms with Crippen LogP contribution in [0.25, 0.3) is 0 Å². The number of ether oxygens (including phenoxy) is 2. The molecule has 0 atom stereocenters. The lowest BCUT2D eigenvalue weighted by atomic mass is 10.1. The summed E-state index contributed by atoms with van der Waals surface area (Å²) >= 11 is 0. The second-order valence-corrected chi connectivity index (χ2v) is 2.57. The van der Waals surface area contributed by atoms with Gasteiger partial charge in [0.1, 0.15) is 0 Å². The third-order valence-corrected chi connectivity index (χ3v) is 1.78. The fourth-order valence-corrected chi connectivity index (χ4v) is 1.10. The highest BCUT2D eigenvalue weighted by molar-refractivity contribution is 5.23. The maximum Gasteiger partial charge on any atom is 0.183 e. The minimum atomic E-state index is -1.81. The predicted molar refractivity (Wildman–Crippen MR) is 51.1 cm³/mol. The summed E-state index contributed by atoms with van der Waals surface area (Å²) in [4.78, 5) is 0. The summed E-state index contributed by atoms with van der Waals surface area (Å²) in [5.74, 6) is 0. The molecule has 0 aliphatic carbocycles. The molecule has 0 fully saturated rings. The molecule has 0 saturated heterocycles. The average molecular weight is 183 g/mol. The van der Waals surface area contributed by atoms with Gasteiger partial charge in [-0.25, -0.2) is 0 Å². The molecule has 1 aromatic rings. The summed E-state index contributed by atoms with van der Waals surface area (Å²) in [6.07, 6.45) is -0.428. The highest BCUT2D eigenvalue weighted by atomic mass is 16.7. The van der Waals surface area contributed by atoms with E-state index in [0.29, 0.717) is 5.56 Å². The Bertz CT molecular complexity index is 304. The SMILES string of the molecule is [2H]C([2H])(N)c1ccc(C(OC)OC)cc1. The summed E-state index contributed by atoms with van der Waals surface area (Å²) in [5.41, 5.74) is 6.57. The van der Waals surface area contributed by atoms with E-state index in [2.05, 4.69) is 0 Å². The standard InChI is InChI=1S/C10H15NO2/c1-12-10(13-2)9-5-3-8(7-11)4-6-9/h3-6,10H,7,11H2,1-2H3/i7D2. The van der Waals surface area contributed by atoms with E-state index in [9.17, 15) is 0 Å². The Hall–Kier alpha value is -0.900. The van der Waals surface area contributed by atoms with Crippen LogP contribution in [0.1, 0.15) is 20.2 Å². The summed E-state index contributed by atoms with van der Waals surface area (Å²) in [7, 11) is 3.09. The number of methoxy groups -OCH3 is 2. The van der Waals surface area contributed by atoms with Crippen LogP contribution in [0, 0.1) is 0 Å². The quantitative estimate of drug-likeness (QED) is 0.718. The van der Waals surface area contributed by atoms with Gasteiger partial charge >= 0.3 is 0 Å². The van der Waals surface area contributed by atoms with E-state index in [-0.39, 0.29) is 0 Å². The number of hydrogen-bond donors (Lipinski definition) is 1. The Balaban J connectivity index is 2.89. The molecule has 2 N–H and O–H groups in total. The van der Waals surface area contributed by atoms with Crippen LogP contribution in [0.5, 0.6) is 0 Å². The fourth-order valence-electron chi connectivity index (χ4n) is 1.10. The number of nitrogens with two attached hydrogens (primary N) is 1. The van der Waals surface area contributed by atoms with Crippen molar-refractivity contribution in [1.82, 2.24) is 0 Å². The van der Waals surface area contributed by atoms with Crippen molar-refractivity contribution in [2.75, 3.05) is 14.2 Å². The van der Waals surface area contributed by atoms with Crippen molar-refractivity contribution in [1.29, 1.82) is 0 Å². The highest BCUT2D eigenvalue weighted by Gasteiger charge is 2.07. The maximum absolute atomic E-state index is 7.32. The molecule has 0 amide bonds. The summed E-state index contributed by atoms with van der Waals surface area (Å²) in [5, 5.41) is 0. The van der Waals surface area contributed by atoms with Gasteiger partial charge in [0.25, 0.3) is 0 Å². The minimum Gasteiger partial charge on any atom is -0.352 e. The lowest BCUT2D eigenvalue weighted by Gasteiger charge is -2.13. The smallest absolute Gasteiger partial charge is 0.183 e. The first-order valence-corrected chi connectivity index (χ1v) is 3.94. The molecule has 0 unspecified atom stereocenters. The lowest BCUT2D eigenvalue weighted by molar-refractivity contribution is -0.106. The van der Waals surface area contributed by atoms with Crippen LogP contribution >= 0.6 is 0 Å². The first-order valence-electron chi connectivity index (χ1n) is 4.94. The molecule has 0 radical (unpaired) electrons. The van der Waals surface area contributed by atoms with E-state index in [1.165, 1.54) is 0 Å². The topological polar surface area (TPSA) is 44.5 Å². The molecule has 0 aliphatic rings. The first-order chi connectivity index (χ1) is 6.99. The van der Waals surface area contributed by atoms with Crippen LogP contribution in [0.2, 0.25) is 0 Å². The van der Waals surface area contributed by atoms with Crippen molar-refractivity contribution < 1.29 is 12.2 Å². The van der Waals surface area contributed by atoms with Crippen LogP contribution < -0.4 is 5.73 Å². The molecule has 3 nitrogen and oxygen atoms in total. The monoisotopic (exact) mass is 183 g/mol. The Morgan fingerprint density at radius 2 is 1.85 bits per heavy atom. The van der Waals surface area contributed by atoms with E-state index in [1.807, 2.05) is 0 Å². The summed E-state index contributed by atoms with van der Waals surface area (Å²) in [6.45, 7) is -1.81. The molecule has 0 heterocycles. The van der Waals surface area contributed by atoms with Gasteiger partial charge in [0.15, 0.2) is 6.29 Å². The van der Waals surface area contributed by atoms with Crippen LogP contribution in [0.15, 0.2) is 24.3 Å². The fraction of sp³-hybridized carbons (Fsp3) is 0.400. The maximum atomic E-state index is 7.32. The molecule has 0 spiro atoms. The van der Waals surface area contributed by atoms with Gasteiger partial charge < -0.3 is 15.2 Å². The van der Waals surface area contributed by atoms with Gasteiger partial charge in [-0.2, -0.15) is 0 Å². The van der Waals surface area contributed by atoms with Crippen molar-refractivity contribution in [3.8, 4) is 0 Å². The van der Waals surface area contributed by atoms with Crippen molar-refractivity contribution in [3.63, 3.8) is 0 Å². The van der Waals surface area contributed by atoms with E-state index >= 15 is 0 Å². The number of benzene rings is 1. The summed E-state index contributed by atoms with van der Waals surface area (Å²) < 4.78 is 24.8. The van der Waals surface area contributed by atoms with Gasteiger partial charge in [-0.1, -0.05) is 24.3 Å². The zero-order valence-corrected chi connectivity index (χ0v) is 7.78. The minimum absolute atomic E-state index is 0.428. The zero-order chi connectivity index (χ0) is 11.5. The second kappa shape index (κ2) is 4.97. The van der Waals surface area contributed by atoms with Gasteiger partial charge in [0, 0.05) is 29.0 Å². The first kappa shape index (κ1) is 7.50. The molecule has 0 saturated carbocycles. The van der Waals surface area contributed by atoms with Gasteiger partial charge in [-0.15, -0.1) is 0 Å². The third-order valence-electron chi connectivity index (χ3n) is 1.78. The lowest BCUT2D eigenvalue weighted by Crippen LogP contribution is -2.04. The molecule has 1 rings (SSSR count). The zero-order valence-electron chi connectivity index (χ0n) is 9.78. The van der Waals surface area contributed by atoms with Crippen molar-refractivity contribution >= 4 is 0 Å². The molecule has 72 valence electrons.